The predicted molar refractivity (Wildman–Crippen MR) is 66.6 cm³/mol. The molecule has 2 aromatic rings. The molecule has 0 amide bonds. The summed E-state index contributed by atoms with van der Waals surface area (Å²) in [6.45, 7) is -0.136. The van der Waals surface area contributed by atoms with Gasteiger partial charge in [0.25, 0.3) is 0 Å². The number of hydrogen-bond donors (Lipinski definition) is 2. The predicted octanol–water partition coefficient (Wildman–Crippen LogP) is 1.54. The number of halogens is 1. The molecule has 2 rings (SSSR count). The van der Waals surface area contributed by atoms with Crippen LogP contribution < -0.4 is 11.1 Å². The number of methoxy groups -OCH3 is 1. The molecule has 0 saturated heterocycles. The van der Waals surface area contributed by atoms with E-state index in [1.807, 2.05) is 0 Å². The molecule has 6 heteroatoms. The van der Waals surface area contributed by atoms with Crippen molar-refractivity contribution in [2.24, 2.45) is 0 Å². The number of nitrogens with two attached hydrogens (primary N) is 1. The van der Waals surface area contributed by atoms with Crippen molar-refractivity contribution >= 4 is 28.2 Å². The molecule has 0 aliphatic heterocycles. The number of nitrogens with zero attached hydrogens (tertiary/aromatic N) is 1. The Morgan fingerprint density at radius 2 is 2.39 bits per heavy atom. The van der Waals surface area contributed by atoms with Gasteiger partial charge in [-0.05, 0) is 18.2 Å². The minimum Gasteiger partial charge on any atom is -0.468 e. The Hall–Kier alpha value is -2.37. The maximum Gasteiger partial charge on any atom is 0.325 e. The Morgan fingerprint density at radius 1 is 1.61 bits per heavy atom. The van der Waals surface area contributed by atoms with Crippen LogP contribution in [0.4, 0.5) is 15.8 Å². The molecule has 1 aromatic carbocycles. The third-order valence-electron chi connectivity index (χ3n) is 2.51. The van der Waals surface area contributed by atoms with E-state index >= 15 is 0 Å². The maximum absolute atomic E-state index is 13.8. The Bertz CT molecular complexity index is 601. The lowest BCUT2D eigenvalue weighted by Gasteiger charge is -2.10. The molecule has 5 nitrogen and oxygen atoms in total. The van der Waals surface area contributed by atoms with Gasteiger partial charge in [-0.3, -0.25) is 9.78 Å². The van der Waals surface area contributed by atoms with Gasteiger partial charge in [0.1, 0.15) is 6.54 Å². The van der Waals surface area contributed by atoms with Gasteiger partial charge >= 0.3 is 5.97 Å². The molecule has 1 heterocycles. The van der Waals surface area contributed by atoms with Crippen LogP contribution in [0.2, 0.25) is 0 Å². The third kappa shape index (κ3) is 2.17. The molecular formula is C12H12FN3O2. The van der Waals surface area contributed by atoms with Gasteiger partial charge < -0.3 is 15.8 Å². The summed E-state index contributed by atoms with van der Waals surface area (Å²) >= 11 is 0. The number of aromatic nitrogens is 1. The Balaban J connectivity index is 2.46. The number of nitrogens with one attached hydrogen (secondary N) is 1. The van der Waals surface area contributed by atoms with Gasteiger partial charge in [0.2, 0.25) is 0 Å². The highest BCUT2D eigenvalue weighted by Crippen LogP contribution is 2.29. The number of carbonyl (C=O) groups is 1. The maximum atomic E-state index is 13.8. The summed E-state index contributed by atoms with van der Waals surface area (Å²) in [5.41, 5.74) is 6.55. The second kappa shape index (κ2) is 4.87. The van der Waals surface area contributed by atoms with Crippen LogP contribution in [-0.2, 0) is 9.53 Å². The lowest BCUT2D eigenvalue weighted by atomic mass is 10.1. The van der Waals surface area contributed by atoms with Gasteiger partial charge in [0, 0.05) is 17.3 Å². The van der Waals surface area contributed by atoms with Gasteiger partial charge in [0.15, 0.2) is 5.82 Å². The highest BCUT2D eigenvalue weighted by molar-refractivity contribution is 5.99. The Labute approximate surface area is 103 Å². The topological polar surface area (TPSA) is 77.2 Å². The van der Waals surface area contributed by atoms with Crippen molar-refractivity contribution in [3.8, 4) is 0 Å². The van der Waals surface area contributed by atoms with Gasteiger partial charge in [-0.15, -0.1) is 0 Å². The zero-order valence-electron chi connectivity index (χ0n) is 9.74. The first-order valence-corrected chi connectivity index (χ1v) is 5.27. The molecule has 0 radical (unpaired) electrons. The number of rotatable bonds is 3. The number of ether oxygens (including phenoxy) is 1. The molecule has 0 fully saturated rings. The molecule has 94 valence electrons. The number of nitrogen functional groups attached to an aromatic ring is 1. The van der Waals surface area contributed by atoms with E-state index in [9.17, 15) is 9.18 Å². The summed E-state index contributed by atoms with van der Waals surface area (Å²) in [5, 5.41) is 3.30. The standard InChI is InChI=1S/C12H12FN3O2/c1-18-10(17)6-16-12-8(13)5-9(14)7-3-2-4-15-11(7)12/h2-5,16H,6,14H2,1H3. The Kier molecular flexibility index (Phi) is 3.27. The molecule has 0 atom stereocenters. The molecule has 3 N–H and O–H groups in total. The van der Waals surface area contributed by atoms with E-state index in [-0.39, 0.29) is 12.2 Å². The van der Waals surface area contributed by atoms with E-state index in [1.165, 1.54) is 19.4 Å². The number of carbonyl (C=O) groups excluding carboxylic acids is 1. The lowest BCUT2D eigenvalue weighted by molar-refractivity contribution is -0.138. The number of anilines is 2. The fourth-order valence-electron chi connectivity index (χ4n) is 1.64. The number of benzene rings is 1. The molecule has 1 aromatic heterocycles. The molecule has 18 heavy (non-hydrogen) atoms. The third-order valence-corrected chi connectivity index (χ3v) is 2.51. The highest BCUT2D eigenvalue weighted by atomic mass is 19.1. The van der Waals surface area contributed by atoms with E-state index in [0.717, 1.165) is 0 Å². The van der Waals surface area contributed by atoms with Crippen molar-refractivity contribution in [1.29, 1.82) is 0 Å². The monoisotopic (exact) mass is 249 g/mol. The van der Waals surface area contributed by atoms with Gasteiger partial charge in [0.05, 0.1) is 18.3 Å². The molecule has 0 aliphatic rings. The van der Waals surface area contributed by atoms with Crippen LogP contribution in [-0.4, -0.2) is 24.6 Å². The summed E-state index contributed by atoms with van der Waals surface area (Å²) in [7, 11) is 1.26. The van der Waals surface area contributed by atoms with Crippen LogP contribution in [0.5, 0.6) is 0 Å². The minimum absolute atomic E-state index is 0.136. The summed E-state index contributed by atoms with van der Waals surface area (Å²) in [6.07, 6.45) is 1.53. The van der Waals surface area contributed by atoms with Crippen molar-refractivity contribution in [3.05, 3.63) is 30.2 Å². The van der Waals surface area contributed by atoms with Crippen LogP contribution in [0.25, 0.3) is 10.9 Å². The smallest absolute Gasteiger partial charge is 0.325 e. The van der Waals surface area contributed by atoms with Crippen LogP contribution in [0.15, 0.2) is 24.4 Å². The van der Waals surface area contributed by atoms with Crippen molar-refractivity contribution in [1.82, 2.24) is 4.98 Å². The second-order valence-corrected chi connectivity index (χ2v) is 3.65. The highest BCUT2D eigenvalue weighted by Gasteiger charge is 2.12. The van der Waals surface area contributed by atoms with Crippen LogP contribution in [0.1, 0.15) is 0 Å². The molecule has 0 saturated carbocycles. The summed E-state index contributed by atoms with van der Waals surface area (Å²) < 4.78 is 18.3. The first-order valence-electron chi connectivity index (χ1n) is 5.27. The fourth-order valence-corrected chi connectivity index (χ4v) is 1.64. The van der Waals surface area contributed by atoms with E-state index < -0.39 is 11.8 Å². The van der Waals surface area contributed by atoms with Gasteiger partial charge in [-0.25, -0.2) is 4.39 Å². The lowest BCUT2D eigenvalue weighted by Crippen LogP contribution is -2.16. The first-order chi connectivity index (χ1) is 8.63. The number of esters is 1. The van der Waals surface area contributed by atoms with Crippen molar-refractivity contribution in [2.75, 3.05) is 24.7 Å². The van der Waals surface area contributed by atoms with Crippen LogP contribution in [0, 0.1) is 5.82 Å². The van der Waals surface area contributed by atoms with E-state index in [4.69, 9.17) is 5.73 Å². The van der Waals surface area contributed by atoms with Gasteiger partial charge in [-0.1, -0.05) is 0 Å². The second-order valence-electron chi connectivity index (χ2n) is 3.65. The normalized spacial score (nSPS) is 10.3. The molecule has 0 aliphatic carbocycles. The largest absolute Gasteiger partial charge is 0.468 e. The van der Waals surface area contributed by atoms with E-state index in [2.05, 4.69) is 15.0 Å². The van der Waals surface area contributed by atoms with Crippen molar-refractivity contribution in [3.63, 3.8) is 0 Å². The SMILES string of the molecule is COC(=O)CNc1c(F)cc(N)c2cccnc12. The number of hydrogen-bond acceptors (Lipinski definition) is 5. The minimum atomic E-state index is -0.553. The average molecular weight is 249 g/mol. The molecular weight excluding hydrogens is 237 g/mol. The number of fused-ring (bicyclic) bond motifs is 1. The number of pyridine rings is 1. The quantitative estimate of drug-likeness (QED) is 0.637. The average Bonchev–Trinajstić information content (AvgIpc) is 2.38. The van der Waals surface area contributed by atoms with Gasteiger partial charge in [-0.2, -0.15) is 0 Å². The van der Waals surface area contributed by atoms with Crippen LogP contribution in [0.3, 0.4) is 0 Å². The van der Waals surface area contributed by atoms with Crippen molar-refractivity contribution < 1.29 is 13.9 Å². The Morgan fingerprint density at radius 3 is 3.11 bits per heavy atom. The zero-order valence-corrected chi connectivity index (χ0v) is 9.74. The molecule has 0 spiro atoms. The summed E-state index contributed by atoms with van der Waals surface area (Å²) in [5.74, 6) is -1.04. The summed E-state index contributed by atoms with van der Waals surface area (Å²) in [4.78, 5) is 15.1. The molecule has 0 unspecified atom stereocenters. The zero-order chi connectivity index (χ0) is 13.1. The van der Waals surface area contributed by atoms with Crippen molar-refractivity contribution in [2.45, 2.75) is 0 Å². The van der Waals surface area contributed by atoms with Crippen LogP contribution >= 0.6 is 0 Å². The van der Waals surface area contributed by atoms with E-state index in [1.54, 1.807) is 12.1 Å². The summed E-state index contributed by atoms with van der Waals surface area (Å²) in [6, 6.07) is 4.64. The first kappa shape index (κ1) is 12.1. The fraction of sp³-hybridized carbons (Fsp3) is 0.167. The van der Waals surface area contributed by atoms with E-state index in [0.29, 0.717) is 16.6 Å². The molecule has 0 bridgehead atoms.